The molecule has 2 N–H and O–H groups in total. The number of para-hydroxylation sites is 1. The molecule has 8 nitrogen and oxygen atoms in total. The second kappa shape index (κ2) is 5.41. The molecule has 0 aliphatic carbocycles. The fourth-order valence-electron chi connectivity index (χ4n) is 2.48. The Bertz CT molecular complexity index is 1060. The molecule has 1 aromatic carbocycles. The zero-order valence-electron chi connectivity index (χ0n) is 12.1. The Morgan fingerprint density at radius 3 is 2.65 bits per heavy atom. The van der Waals surface area contributed by atoms with Crippen molar-refractivity contribution in [1.82, 2.24) is 14.5 Å². The third kappa shape index (κ3) is 2.57. The van der Waals surface area contributed by atoms with Crippen molar-refractivity contribution in [3.05, 3.63) is 72.7 Å². The number of aryl methyl sites for hydroxylation is 1. The molecule has 0 fully saturated rings. The highest BCUT2D eigenvalue weighted by Gasteiger charge is 2.18. The lowest BCUT2D eigenvalue weighted by molar-refractivity contribution is -0.386. The molecule has 0 saturated heterocycles. The highest BCUT2D eigenvalue weighted by molar-refractivity contribution is 5.92. The van der Waals surface area contributed by atoms with Crippen molar-refractivity contribution in [2.75, 3.05) is 0 Å². The molecule has 8 heteroatoms. The van der Waals surface area contributed by atoms with Gasteiger partial charge in [0.1, 0.15) is 5.69 Å². The molecule has 2 heterocycles. The quantitative estimate of drug-likeness (QED) is 0.565. The number of fused-ring (bicyclic) bond motifs is 1. The number of aromatic nitrogens is 3. The molecule has 0 radical (unpaired) electrons. The Morgan fingerprint density at radius 2 is 1.91 bits per heavy atom. The van der Waals surface area contributed by atoms with Crippen LogP contribution in [0.5, 0.6) is 0 Å². The number of benzene rings is 1. The molecule has 0 bridgehead atoms. The molecule has 0 spiro atoms. The summed E-state index contributed by atoms with van der Waals surface area (Å²) >= 11 is 0. The monoisotopic (exact) mass is 312 g/mol. The first-order chi connectivity index (χ1) is 11.0. The zero-order valence-corrected chi connectivity index (χ0v) is 12.1. The van der Waals surface area contributed by atoms with E-state index in [1.165, 1.54) is 6.08 Å². The van der Waals surface area contributed by atoms with Crippen LogP contribution in [0.3, 0.4) is 0 Å². The van der Waals surface area contributed by atoms with Gasteiger partial charge in [0.05, 0.1) is 4.92 Å². The second-order valence-electron chi connectivity index (χ2n) is 4.97. The van der Waals surface area contributed by atoms with Gasteiger partial charge >= 0.3 is 16.9 Å². The van der Waals surface area contributed by atoms with Crippen LogP contribution in [0.25, 0.3) is 23.1 Å². The SMILES string of the molecule is Cn1cc(/C=C\c2[nH]c(=O)[nH]c(=O)c2[N+](=O)[O-])c2ccccc21. The lowest BCUT2D eigenvalue weighted by Crippen LogP contribution is -2.25. The van der Waals surface area contributed by atoms with Gasteiger partial charge in [-0.3, -0.25) is 19.9 Å². The first-order valence-electron chi connectivity index (χ1n) is 6.70. The number of nitrogens with one attached hydrogen (secondary N) is 2. The molecular formula is C15H12N4O4. The van der Waals surface area contributed by atoms with Gasteiger partial charge in [0.2, 0.25) is 0 Å². The topological polar surface area (TPSA) is 114 Å². The number of nitro groups is 1. The smallest absolute Gasteiger partial charge is 0.350 e. The minimum atomic E-state index is -1.03. The largest absolute Gasteiger partial charge is 0.357 e. The van der Waals surface area contributed by atoms with Crippen molar-refractivity contribution in [2.45, 2.75) is 0 Å². The van der Waals surface area contributed by atoms with Gasteiger partial charge in [-0.15, -0.1) is 0 Å². The van der Waals surface area contributed by atoms with Gasteiger partial charge in [0.15, 0.2) is 0 Å². The maximum absolute atomic E-state index is 11.6. The van der Waals surface area contributed by atoms with Crippen molar-refractivity contribution in [2.24, 2.45) is 7.05 Å². The summed E-state index contributed by atoms with van der Waals surface area (Å²) in [5.41, 5.74) is -0.841. The van der Waals surface area contributed by atoms with Crippen molar-refractivity contribution in [1.29, 1.82) is 0 Å². The summed E-state index contributed by atoms with van der Waals surface area (Å²) in [6, 6.07) is 7.67. The van der Waals surface area contributed by atoms with Crippen LogP contribution in [-0.4, -0.2) is 19.5 Å². The molecule has 0 aliphatic heterocycles. The van der Waals surface area contributed by atoms with Crippen LogP contribution in [0.15, 0.2) is 40.1 Å². The van der Waals surface area contributed by atoms with E-state index in [9.17, 15) is 19.7 Å². The third-order valence-electron chi connectivity index (χ3n) is 3.49. The number of hydrogen-bond donors (Lipinski definition) is 2. The van der Waals surface area contributed by atoms with E-state index in [0.717, 1.165) is 16.5 Å². The van der Waals surface area contributed by atoms with Gasteiger partial charge in [-0.25, -0.2) is 4.79 Å². The minimum Gasteiger partial charge on any atom is -0.350 e. The van der Waals surface area contributed by atoms with Crippen molar-refractivity contribution in [3.8, 4) is 0 Å². The summed E-state index contributed by atoms with van der Waals surface area (Å²) in [5.74, 6) is 0. The zero-order chi connectivity index (χ0) is 16.6. The maximum Gasteiger partial charge on any atom is 0.357 e. The van der Waals surface area contributed by atoms with Gasteiger partial charge in [-0.05, 0) is 12.1 Å². The highest BCUT2D eigenvalue weighted by atomic mass is 16.6. The number of rotatable bonds is 3. The predicted molar refractivity (Wildman–Crippen MR) is 86.2 cm³/mol. The number of hydrogen-bond acceptors (Lipinski definition) is 4. The number of aromatic amines is 2. The van der Waals surface area contributed by atoms with E-state index in [0.29, 0.717) is 0 Å². The highest BCUT2D eigenvalue weighted by Crippen LogP contribution is 2.22. The standard InChI is InChI=1S/C15H12N4O4/c1-18-8-9(10-4-2-3-5-12(10)18)6-7-11-13(19(22)23)14(20)17-15(21)16-11/h2-8H,1H3,(H2,16,17,20,21)/b7-6-. The molecule has 0 atom stereocenters. The first kappa shape index (κ1) is 14.5. The number of H-pyrrole nitrogens is 2. The molecule has 2 aromatic heterocycles. The predicted octanol–water partition coefficient (Wildman–Crippen LogP) is 1.63. The van der Waals surface area contributed by atoms with Crippen LogP contribution in [0, 0.1) is 10.1 Å². The lowest BCUT2D eigenvalue weighted by Gasteiger charge is -1.96. The minimum absolute atomic E-state index is 0.142. The van der Waals surface area contributed by atoms with Crippen LogP contribution in [0.2, 0.25) is 0 Å². The van der Waals surface area contributed by atoms with E-state index in [1.54, 1.807) is 6.08 Å². The van der Waals surface area contributed by atoms with Crippen molar-refractivity contribution >= 4 is 28.7 Å². The Balaban J connectivity index is 2.15. The lowest BCUT2D eigenvalue weighted by atomic mass is 10.1. The van der Waals surface area contributed by atoms with Crippen LogP contribution < -0.4 is 11.2 Å². The molecule has 116 valence electrons. The molecule has 3 aromatic rings. The molecule has 0 saturated carbocycles. The number of nitrogens with zero attached hydrogens (tertiary/aromatic N) is 2. The molecule has 0 unspecified atom stereocenters. The first-order valence-corrected chi connectivity index (χ1v) is 6.70. The van der Waals surface area contributed by atoms with Crippen molar-refractivity contribution < 1.29 is 4.92 Å². The van der Waals surface area contributed by atoms with Crippen LogP contribution in [-0.2, 0) is 7.05 Å². The van der Waals surface area contributed by atoms with E-state index < -0.39 is 21.9 Å². The molecule has 3 rings (SSSR count). The van der Waals surface area contributed by atoms with Gasteiger partial charge in [-0.2, -0.15) is 0 Å². The van der Waals surface area contributed by atoms with Gasteiger partial charge < -0.3 is 9.55 Å². The van der Waals surface area contributed by atoms with E-state index in [1.807, 2.05) is 47.1 Å². The van der Waals surface area contributed by atoms with E-state index in [2.05, 4.69) is 4.98 Å². The maximum atomic E-state index is 11.6. The van der Waals surface area contributed by atoms with Gasteiger partial charge in [0, 0.05) is 29.7 Å². The molecule has 0 aliphatic rings. The van der Waals surface area contributed by atoms with E-state index in [-0.39, 0.29) is 5.69 Å². The molecular weight excluding hydrogens is 300 g/mol. The fraction of sp³-hybridized carbons (Fsp3) is 0.0667. The summed E-state index contributed by atoms with van der Waals surface area (Å²) in [4.78, 5) is 37.2. The second-order valence-corrected chi connectivity index (χ2v) is 4.97. The van der Waals surface area contributed by atoms with Crippen molar-refractivity contribution in [3.63, 3.8) is 0 Å². The summed E-state index contributed by atoms with van der Waals surface area (Å²) < 4.78 is 1.92. The Morgan fingerprint density at radius 1 is 1.17 bits per heavy atom. The summed E-state index contributed by atoms with van der Waals surface area (Å²) in [6.07, 6.45) is 4.84. The van der Waals surface area contributed by atoms with E-state index >= 15 is 0 Å². The van der Waals surface area contributed by atoms with E-state index in [4.69, 9.17) is 0 Å². The normalized spacial score (nSPS) is 11.3. The van der Waals surface area contributed by atoms with Gasteiger partial charge in [0.25, 0.3) is 0 Å². The Labute approximate surface area is 128 Å². The summed E-state index contributed by atoms with van der Waals surface area (Å²) in [5, 5.41) is 12.0. The third-order valence-corrected chi connectivity index (χ3v) is 3.49. The average Bonchev–Trinajstić information content (AvgIpc) is 2.81. The molecule has 0 amide bonds. The Hall–Kier alpha value is -3.42. The summed E-state index contributed by atoms with van der Waals surface area (Å²) in [7, 11) is 1.89. The van der Waals surface area contributed by atoms with Crippen LogP contribution >= 0.6 is 0 Å². The van der Waals surface area contributed by atoms with Crippen LogP contribution in [0.1, 0.15) is 11.3 Å². The average molecular weight is 312 g/mol. The fourth-order valence-corrected chi connectivity index (χ4v) is 2.48. The Kier molecular flexibility index (Phi) is 3.41. The summed E-state index contributed by atoms with van der Waals surface area (Å²) in [6.45, 7) is 0. The van der Waals surface area contributed by atoms with Gasteiger partial charge in [-0.1, -0.05) is 24.3 Å². The molecule has 23 heavy (non-hydrogen) atoms. The van der Waals surface area contributed by atoms with Crippen LogP contribution in [0.4, 0.5) is 5.69 Å².